The van der Waals surface area contributed by atoms with Gasteiger partial charge >= 0.3 is 11.7 Å². The maximum atomic E-state index is 12.1. The molecule has 162 valence electrons. The lowest BCUT2D eigenvalue weighted by molar-refractivity contribution is 0.121. The standard InChI is InChI=1S/C23H26N4O4/c1-2-30-23(29)25-18-6-7-20-17(13-22(28)31-21(20)14-18)15-26-9-11-27(12-10-26)16-19-5-3-4-8-24-19/h3-8,13-14H,2,9-12,15-16H2,1H3,(H,25,29). The van der Waals surface area contributed by atoms with Crippen molar-refractivity contribution < 1.29 is 13.9 Å². The van der Waals surface area contributed by atoms with Gasteiger partial charge in [0.2, 0.25) is 0 Å². The topological polar surface area (TPSA) is 87.9 Å². The summed E-state index contributed by atoms with van der Waals surface area (Å²) in [6.07, 6.45) is 1.29. The van der Waals surface area contributed by atoms with Crippen molar-refractivity contribution in [2.45, 2.75) is 20.0 Å². The number of amides is 1. The summed E-state index contributed by atoms with van der Waals surface area (Å²) in [6.45, 7) is 7.27. The van der Waals surface area contributed by atoms with Crippen LogP contribution in [0, 0.1) is 0 Å². The molecule has 4 rings (SSSR count). The van der Waals surface area contributed by atoms with Crippen molar-refractivity contribution in [3.63, 3.8) is 0 Å². The lowest BCUT2D eigenvalue weighted by atomic mass is 10.1. The predicted octanol–water partition coefficient (Wildman–Crippen LogP) is 3.07. The summed E-state index contributed by atoms with van der Waals surface area (Å²) in [5.41, 5.74) is 2.58. The van der Waals surface area contributed by atoms with Crippen molar-refractivity contribution in [3.8, 4) is 0 Å². The summed E-state index contributed by atoms with van der Waals surface area (Å²) >= 11 is 0. The minimum absolute atomic E-state index is 0.285. The summed E-state index contributed by atoms with van der Waals surface area (Å²) in [4.78, 5) is 32.9. The van der Waals surface area contributed by atoms with E-state index in [-0.39, 0.29) is 6.61 Å². The first-order valence-corrected chi connectivity index (χ1v) is 10.5. The van der Waals surface area contributed by atoms with Gasteiger partial charge < -0.3 is 9.15 Å². The van der Waals surface area contributed by atoms with Crippen LogP contribution in [0.25, 0.3) is 11.0 Å². The van der Waals surface area contributed by atoms with Crippen LogP contribution in [0.1, 0.15) is 18.2 Å². The number of aromatic nitrogens is 1. The van der Waals surface area contributed by atoms with Crippen LogP contribution in [0.3, 0.4) is 0 Å². The summed E-state index contributed by atoms with van der Waals surface area (Å²) in [6, 6.07) is 12.9. The highest BCUT2D eigenvalue weighted by atomic mass is 16.5. The van der Waals surface area contributed by atoms with E-state index in [9.17, 15) is 9.59 Å². The minimum Gasteiger partial charge on any atom is -0.450 e. The number of benzene rings is 1. The minimum atomic E-state index is -0.538. The normalized spacial score (nSPS) is 15.1. The molecule has 0 spiro atoms. The van der Waals surface area contributed by atoms with Gasteiger partial charge in [0.15, 0.2) is 0 Å². The van der Waals surface area contributed by atoms with Gasteiger partial charge in [-0.2, -0.15) is 0 Å². The molecule has 1 N–H and O–H groups in total. The molecular weight excluding hydrogens is 396 g/mol. The SMILES string of the molecule is CCOC(=O)Nc1ccc2c(CN3CCN(Cc4ccccn4)CC3)cc(=O)oc2c1. The van der Waals surface area contributed by atoms with Crippen LogP contribution in [0.4, 0.5) is 10.5 Å². The van der Waals surface area contributed by atoms with Gasteiger partial charge in [0.25, 0.3) is 0 Å². The fraction of sp³-hybridized carbons (Fsp3) is 0.348. The second kappa shape index (κ2) is 9.72. The zero-order chi connectivity index (χ0) is 21.6. The van der Waals surface area contributed by atoms with Crippen molar-refractivity contribution in [3.05, 3.63) is 70.3 Å². The fourth-order valence-electron chi connectivity index (χ4n) is 3.79. The summed E-state index contributed by atoms with van der Waals surface area (Å²) in [7, 11) is 0. The van der Waals surface area contributed by atoms with Gasteiger partial charge in [-0.05, 0) is 36.8 Å². The Hall–Kier alpha value is -3.23. The molecule has 3 heterocycles. The number of piperazine rings is 1. The molecule has 31 heavy (non-hydrogen) atoms. The van der Waals surface area contributed by atoms with E-state index in [0.29, 0.717) is 17.8 Å². The smallest absolute Gasteiger partial charge is 0.411 e. The molecule has 8 nitrogen and oxygen atoms in total. The van der Waals surface area contributed by atoms with Crippen LogP contribution in [0.2, 0.25) is 0 Å². The number of anilines is 1. The maximum absolute atomic E-state index is 12.1. The van der Waals surface area contributed by atoms with Crippen molar-refractivity contribution in [2.75, 3.05) is 38.1 Å². The molecule has 8 heteroatoms. The van der Waals surface area contributed by atoms with E-state index >= 15 is 0 Å². The van der Waals surface area contributed by atoms with Crippen molar-refractivity contribution in [1.29, 1.82) is 0 Å². The van der Waals surface area contributed by atoms with Crippen molar-refractivity contribution in [1.82, 2.24) is 14.8 Å². The highest BCUT2D eigenvalue weighted by Gasteiger charge is 2.19. The van der Waals surface area contributed by atoms with Gasteiger partial charge in [0.1, 0.15) is 5.58 Å². The van der Waals surface area contributed by atoms with E-state index in [1.807, 2.05) is 30.5 Å². The van der Waals surface area contributed by atoms with E-state index in [0.717, 1.165) is 49.4 Å². The zero-order valence-electron chi connectivity index (χ0n) is 17.5. The molecule has 1 saturated heterocycles. The first-order valence-electron chi connectivity index (χ1n) is 10.5. The van der Waals surface area contributed by atoms with Crippen LogP contribution in [-0.2, 0) is 17.8 Å². The molecule has 0 aliphatic carbocycles. The number of hydrogen-bond acceptors (Lipinski definition) is 7. The van der Waals surface area contributed by atoms with Crippen molar-refractivity contribution >= 4 is 22.7 Å². The lowest BCUT2D eigenvalue weighted by Gasteiger charge is -2.34. The summed E-state index contributed by atoms with van der Waals surface area (Å²) in [5.74, 6) is 0. The number of pyridine rings is 1. The quantitative estimate of drug-likeness (QED) is 0.611. The number of carbonyl (C=O) groups is 1. The molecule has 1 aromatic carbocycles. The van der Waals surface area contributed by atoms with Crippen LogP contribution in [0.15, 0.2) is 57.9 Å². The molecule has 1 aliphatic heterocycles. The Kier molecular flexibility index (Phi) is 6.59. The third-order valence-corrected chi connectivity index (χ3v) is 5.32. The molecule has 0 atom stereocenters. The number of rotatable bonds is 6. The summed E-state index contributed by atoms with van der Waals surface area (Å²) < 4.78 is 10.3. The fourth-order valence-corrected chi connectivity index (χ4v) is 3.79. The maximum Gasteiger partial charge on any atom is 0.411 e. The predicted molar refractivity (Wildman–Crippen MR) is 118 cm³/mol. The van der Waals surface area contributed by atoms with Crippen LogP contribution in [0.5, 0.6) is 0 Å². The van der Waals surface area contributed by atoms with Gasteiger partial charge in [-0.1, -0.05) is 6.07 Å². The highest BCUT2D eigenvalue weighted by Crippen LogP contribution is 2.23. The molecule has 3 aromatic rings. The van der Waals surface area contributed by atoms with Crippen LogP contribution >= 0.6 is 0 Å². The average molecular weight is 422 g/mol. The second-order valence-electron chi connectivity index (χ2n) is 7.52. The zero-order valence-corrected chi connectivity index (χ0v) is 17.5. The Labute approximate surface area is 180 Å². The van der Waals surface area contributed by atoms with E-state index in [2.05, 4.69) is 20.1 Å². The van der Waals surface area contributed by atoms with Crippen LogP contribution in [-0.4, -0.2) is 53.7 Å². The van der Waals surface area contributed by atoms with Gasteiger partial charge in [-0.3, -0.25) is 20.1 Å². The van der Waals surface area contributed by atoms with E-state index in [4.69, 9.17) is 9.15 Å². The number of nitrogens with zero attached hydrogens (tertiary/aromatic N) is 3. The van der Waals surface area contributed by atoms with Gasteiger partial charge in [0, 0.05) is 68.7 Å². The first kappa shape index (κ1) is 21.0. The number of hydrogen-bond donors (Lipinski definition) is 1. The van der Waals surface area contributed by atoms with Crippen molar-refractivity contribution in [2.24, 2.45) is 0 Å². The molecular formula is C23H26N4O4. The van der Waals surface area contributed by atoms with Gasteiger partial charge in [0.05, 0.1) is 12.3 Å². The average Bonchev–Trinajstić information content (AvgIpc) is 2.75. The van der Waals surface area contributed by atoms with Gasteiger partial charge in [-0.15, -0.1) is 0 Å². The number of nitrogens with one attached hydrogen (secondary N) is 1. The van der Waals surface area contributed by atoms with E-state index in [1.165, 1.54) is 0 Å². The molecule has 2 aromatic heterocycles. The monoisotopic (exact) mass is 422 g/mol. The van der Waals surface area contributed by atoms with E-state index < -0.39 is 11.7 Å². The Morgan fingerprint density at radius 2 is 1.87 bits per heavy atom. The Balaban J connectivity index is 1.42. The Morgan fingerprint density at radius 3 is 2.58 bits per heavy atom. The molecule has 0 saturated carbocycles. The lowest BCUT2D eigenvalue weighted by Crippen LogP contribution is -2.45. The molecule has 0 radical (unpaired) electrons. The highest BCUT2D eigenvalue weighted by molar-refractivity contribution is 5.89. The first-order chi connectivity index (χ1) is 15.1. The molecule has 1 fully saturated rings. The number of fused-ring (bicyclic) bond motifs is 1. The molecule has 1 aliphatic rings. The third-order valence-electron chi connectivity index (χ3n) is 5.32. The van der Waals surface area contributed by atoms with E-state index in [1.54, 1.807) is 25.1 Å². The summed E-state index contributed by atoms with van der Waals surface area (Å²) in [5, 5.41) is 3.50. The Morgan fingerprint density at radius 1 is 1.10 bits per heavy atom. The number of ether oxygens (including phenoxy) is 1. The molecule has 0 bridgehead atoms. The Bertz CT molecular complexity index is 1090. The number of carbonyl (C=O) groups excluding carboxylic acids is 1. The third kappa shape index (κ3) is 5.48. The molecule has 1 amide bonds. The molecule has 0 unspecified atom stereocenters. The van der Waals surface area contributed by atoms with Gasteiger partial charge in [-0.25, -0.2) is 9.59 Å². The largest absolute Gasteiger partial charge is 0.450 e. The second-order valence-corrected chi connectivity index (χ2v) is 7.52. The van der Waals surface area contributed by atoms with Crippen LogP contribution < -0.4 is 10.9 Å².